The predicted molar refractivity (Wildman–Crippen MR) is 109 cm³/mol. The van der Waals surface area contributed by atoms with E-state index in [0.717, 1.165) is 0 Å². The average molecular weight is 390 g/mol. The molecule has 0 radical (unpaired) electrons. The topological polar surface area (TPSA) is 106 Å². The molecule has 0 aromatic carbocycles. The van der Waals surface area contributed by atoms with Gasteiger partial charge < -0.3 is 20.0 Å². The van der Waals surface area contributed by atoms with E-state index in [9.17, 15) is 19.8 Å². The molecular weight excluding hydrogens is 360 g/mol. The Morgan fingerprint density at radius 2 is 1.07 bits per heavy atom. The van der Waals surface area contributed by atoms with Gasteiger partial charge in [0.15, 0.2) is 0 Å². The number of aliphatic hydroxyl groups excluding tert-OH is 2. The summed E-state index contributed by atoms with van der Waals surface area (Å²) in [4.78, 5) is 36.4. The number of rotatable bonds is 5. The van der Waals surface area contributed by atoms with Crippen LogP contribution in [0.25, 0.3) is 0 Å². The van der Waals surface area contributed by atoms with Crippen LogP contribution in [0, 0.1) is 0 Å². The molecule has 28 heavy (non-hydrogen) atoms. The van der Waals surface area contributed by atoms with Crippen LogP contribution in [0.2, 0.25) is 0 Å². The first-order valence-electron chi connectivity index (χ1n) is 9.22. The fourth-order valence-electron chi connectivity index (χ4n) is 3.22. The number of aliphatic hydroxyl groups is 2. The molecule has 154 valence electrons. The summed E-state index contributed by atoms with van der Waals surface area (Å²) in [7, 11) is 3.29. The fourth-order valence-corrected chi connectivity index (χ4v) is 3.22. The standard InChI is InChI=1S/C20H30N4O4/c1-11(13-15(25)19(3,4)23(7)17(13)27)21-9-10-22-12(2)14-16(26)20(5,6)24(8)18(14)28/h25-26H,9-10H2,1-8H3. The van der Waals surface area contributed by atoms with Gasteiger partial charge in [-0.3, -0.25) is 19.6 Å². The van der Waals surface area contributed by atoms with Crippen molar-refractivity contribution in [2.45, 2.75) is 52.6 Å². The highest BCUT2D eigenvalue weighted by Gasteiger charge is 2.45. The van der Waals surface area contributed by atoms with Crippen LogP contribution in [-0.4, -0.2) is 81.5 Å². The van der Waals surface area contributed by atoms with Gasteiger partial charge in [-0.1, -0.05) is 0 Å². The lowest BCUT2D eigenvalue weighted by atomic mass is 10.0. The number of carbonyl (C=O) groups is 2. The number of aliphatic imine (C=N–C) groups is 2. The van der Waals surface area contributed by atoms with Crippen molar-refractivity contribution in [3.8, 4) is 0 Å². The lowest BCUT2D eigenvalue weighted by Gasteiger charge is -2.27. The van der Waals surface area contributed by atoms with Gasteiger partial charge in [-0.15, -0.1) is 0 Å². The van der Waals surface area contributed by atoms with Gasteiger partial charge in [0.2, 0.25) is 0 Å². The van der Waals surface area contributed by atoms with Crippen LogP contribution in [0.15, 0.2) is 32.6 Å². The average Bonchev–Trinajstić information content (AvgIpc) is 2.86. The van der Waals surface area contributed by atoms with E-state index in [4.69, 9.17) is 0 Å². The lowest BCUT2D eigenvalue weighted by Crippen LogP contribution is -2.40. The van der Waals surface area contributed by atoms with Crippen LogP contribution in [0.4, 0.5) is 0 Å². The van der Waals surface area contributed by atoms with E-state index in [1.807, 2.05) is 0 Å². The van der Waals surface area contributed by atoms with Gasteiger partial charge in [0.25, 0.3) is 11.8 Å². The van der Waals surface area contributed by atoms with Crippen LogP contribution >= 0.6 is 0 Å². The molecule has 0 fully saturated rings. The number of hydrogen-bond donors (Lipinski definition) is 2. The fraction of sp³-hybridized carbons (Fsp3) is 0.600. The Balaban J connectivity index is 2.14. The minimum absolute atomic E-state index is 0.0119. The highest BCUT2D eigenvalue weighted by Crippen LogP contribution is 2.33. The molecule has 2 N–H and O–H groups in total. The molecule has 2 amide bonds. The Kier molecular flexibility index (Phi) is 5.47. The first-order valence-corrected chi connectivity index (χ1v) is 9.22. The van der Waals surface area contributed by atoms with Crippen LogP contribution in [0.5, 0.6) is 0 Å². The monoisotopic (exact) mass is 390 g/mol. The summed E-state index contributed by atoms with van der Waals surface area (Å²) in [6.07, 6.45) is 0. The van der Waals surface area contributed by atoms with E-state index in [2.05, 4.69) is 9.98 Å². The molecular formula is C20H30N4O4. The van der Waals surface area contributed by atoms with Gasteiger partial charge >= 0.3 is 0 Å². The molecule has 0 bridgehead atoms. The number of hydrogen-bond acceptors (Lipinski definition) is 6. The molecule has 8 heteroatoms. The van der Waals surface area contributed by atoms with Crippen LogP contribution in [0.1, 0.15) is 41.5 Å². The molecule has 2 rings (SSSR count). The van der Waals surface area contributed by atoms with E-state index >= 15 is 0 Å². The van der Waals surface area contributed by atoms with Gasteiger partial charge in [-0.2, -0.15) is 0 Å². The number of likely N-dealkylation sites (N-methyl/N-ethyl adjacent to an activating group) is 2. The van der Waals surface area contributed by atoms with Gasteiger partial charge in [0.05, 0.1) is 24.2 Å². The van der Waals surface area contributed by atoms with Crippen molar-refractivity contribution < 1.29 is 19.8 Å². The Morgan fingerprint density at radius 1 is 0.786 bits per heavy atom. The summed E-state index contributed by atoms with van der Waals surface area (Å²) >= 11 is 0. The molecule has 2 heterocycles. The second-order valence-electron chi connectivity index (χ2n) is 8.23. The van der Waals surface area contributed by atoms with Crippen molar-refractivity contribution in [2.75, 3.05) is 27.2 Å². The summed E-state index contributed by atoms with van der Waals surface area (Å²) < 4.78 is 0. The third kappa shape index (κ3) is 3.21. The van der Waals surface area contributed by atoms with Crippen molar-refractivity contribution in [3.05, 3.63) is 22.7 Å². The Hall–Kier alpha value is -2.64. The van der Waals surface area contributed by atoms with E-state index < -0.39 is 11.1 Å². The number of nitrogens with zero attached hydrogens (tertiary/aromatic N) is 4. The molecule has 2 aliphatic heterocycles. The largest absolute Gasteiger partial charge is 0.509 e. The maximum Gasteiger partial charge on any atom is 0.259 e. The Labute approximate surface area is 166 Å². The highest BCUT2D eigenvalue weighted by atomic mass is 16.3. The summed E-state index contributed by atoms with van der Waals surface area (Å²) in [6, 6.07) is 0. The summed E-state index contributed by atoms with van der Waals surface area (Å²) in [5, 5.41) is 20.8. The Bertz CT molecular complexity index is 776. The zero-order valence-corrected chi connectivity index (χ0v) is 17.9. The van der Waals surface area contributed by atoms with Gasteiger partial charge in [-0.25, -0.2) is 0 Å². The molecule has 0 atom stereocenters. The third-order valence-corrected chi connectivity index (χ3v) is 5.87. The second-order valence-corrected chi connectivity index (χ2v) is 8.23. The highest BCUT2D eigenvalue weighted by molar-refractivity contribution is 6.23. The molecule has 0 unspecified atom stereocenters. The van der Waals surface area contributed by atoms with Crippen molar-refractivity contribution in [2.24, 2.45) is 9.98 Å². The van der Waals surface area contributed by atoms with Gasteiger partial charge in [0, 0.05) is 25.5 Å². The summed E-state index contributed by atoms with van der Waals surface area (Å²) in [5.74, 6) is -0.503. The third-order valence-electron chi connectivity index (χ3n) is 5.87. The normalized spacial score (nSPS) is 22.9. The molecule has 0 saturated heterocycles. The quantitative estimate of drug-likeness (QED) is 0.553. The summed E-state index contributed by atoms with van der Waals surface area (Å²) in [5.41, 5.74) is -0.168. The lowest BCUT2D eigenvalue weighted by molar-refractivity contribution is -0.127. The van der Waals surface area contributed by atoms with Crippen LogP contribution in [0.3, 0.4) is 0 Å². The predicted octanol–water partition coefficient (Wildman–Crippen LogP) is 2.03. The van der Waals surface area contributed by atoms with Gasteiger partial charge in [-0.05, 0) is 41.5 Å². The van der Waals surface area contributed by atoms with E-state index in [0.29, 0.717) is 24.5 Å². The smallest absolute Gasteiger partial charge is 0.259 e. The van der Waals surface area contributed by atoms with Crippen molar-refractivity contribution in [3.63, 3.8) is 0 Å². The zero-order valence-electron chi connectivity index (χ0n) is 17.9. The number of amides is 2. The van der Waals surface area contributed by atoms with Crippen molar-refractivity contribution >= 4 is 23.2 Å². The molecule has 0 aliphatic carbocycles. The maximum atomic E-state index is 12.4. The van der Waals surface area contributed by atoms with Crippen LogP contribution < -0.4 is 0 Å². The number of carbonyl (C=O) groups excluding carboxylic acids is 2. The molecule has 2 aliphatic rings. The summed E-state index contributed by atoms with van der Waals surface area (Å²) in [6.45, 7) is 11.0. The minimum atomic E-state index is -0.760. The Morgan fingerprint density at radius 3 is 1.29 bits per heavy atom. The molecule has 0 spiro atoms. The first-order chi connectivity index (χ1) is 12.8. The van der Waals surface area contributed by atoms with Crippen LogP contribution in [-0.2, 0) is 9.59 Å². The minimum Gasteiger partial charge on any atom is -0.509 e. The van der Waals surface area contributed by atoms with E-state index in [1.165, 1.54) is 9.80 Å². The maximum absolute atomic E-state index is 12.4. The molecule has 0 aromatic rings. The zero-order chi connectivity index (χ0) is 21.6. The van der Waals surface area contributed by atoms with Crippen molar-refractivity contribution in [1.29, 1.82) is 0 Å². The van der Waals surface area contributed by atoms with E-state index in [1.54, 1.807) is 55.6 Å². The molecule has 0 saturated carbocycles. The van der Waals surface area contributed by atoms with E-state index in [-0.39, 0.29) is 34.5 Å². The molecule has 8 nitrogen and oxygen atoms in total. The molecule has 0 aromatic heterocycles. The second kappa shape index (κ2) is 7.07. The van der Waals surface area contributed by atoms with Crippen molar-refractivity contribution in [1.82, 2.24) is 9.80 Å². The van der Waals surface area contributed by atoms with Gasteiger partial charge in [0.1, 0.15) is 22.7 Å². The first kappa shape index (κ1) is 21.7. The SMILES string of the molecule is CC(=NCCN=C(C)C1=C(O)C(C)(C)N(C)C1=O)C1=C(O)C(C)(C)N(C)C1=O.